The van der Waals surface area contributed by atoms with Crippen molar-refractivity contribution in [3.8, 4) is 0 Å². The predicted octanol–water partition coefficient (Wildman–Crippen LogP) is 5.03. The molecule has 1 saturated heterocycles. The summed E-state index contributed by atoms with van der Waals surface area (Å²) in [7, 11) is 1.63. The molecule has 8 heteroatoms. The van der Waals surface area contributed by atoms with Crippen LogP contribution in [0.5, 0.6) is 0 Å². The number of hydrogen-bond donors (Lipinski definition) is 6. The van der Waals surface area contributed by atoms with Gasteiger partial charge in [-0.2, -0.15) is 0 Å². The largest absolute Gasteiger partial charge is 0.396 e. The summed E-state index contributed by atoms with van der Waals surface area (Å²) in [5, 5.41) is 45.1. The van der Waals surface area contributed by atoms with E-state index in [-0.39, 0.29) is 41.0 Å². The molecule has 1 aliphatic heterocycles. The van der Waals surface area contributed by atoms with Crippen LogP contribution in [0.4, 0.5) is 0 Å². The van der Waals surface area contributed by atoms with Gasteiger partial charge in [-0.1, -0.05) is 19.1 Å². The molecule has 0 amide bonds. The Balaban J connectivity index is 1.13. The molecule has 45 heavy (non-hydrogen) atoms. The van der Waals surface area contributed by atoms with E-state index in [1.165, 1.54) is 37.7 Å². The number of hydrogen-bond acceptors (Lipinski definition) is 6. The van der Waals surface area contributed by atoms with Crippen molar-refractivity contribution in [1.82, 2.24) is 5.32 Å². The number of ether oxygens (including phenoxy) is 1. The van der Waals surface area contributed by atoms with Gasteiger partial charge in [0.15, 0.2) is 5.96 Å². The maximum atomic E-state index is 11.2. The molecule has 13 unspecified atom stereocenters. The van der Waals surface area contributed by atoms with Crippen molar-refractivity contribution in [1.29, 1.82) is 0 Å². The molecule has 5 saturated carbocycles. The summed E-state index contributed by atoms with van der Waals surface area (Å²) < 4.78 is 6.69. The van der Waals surface area contributed by atoms with Gasteiger partial charge in [-0.15, -0.1) is 0 Å². The number of aliphatic hydroxyl groups is 4. The minimum atomic E-state index is -0.726. The molecule has 6 rings (SSSR count). The molecule has 0 bridgehead atoms. The van der Waals surface area contributed by atoms with Crippen LogP contribution in [0.2, 0.25) is 0 Å². The standard InChI is InChI=1S/C37H63N3O5/c1-23-19-36(14-9-24(20-36)10-15-37(44)12-5-8-27(42)21-37)32-35(3,45-32)13-11-30-29(23)22-34(30,2)26-17-25(7-6-16-41)28(18-26)31(43)40-33(38)39-4/h24-32,41-44H,1,5-22H2,2-4H3,(H3,38,39,40). The van der Waals surface area contributed by atoms with E-state index in [1.807, 2.05) is 0 Å². The first-order chi connectivity index (χ1) is 21.3. The van der Waals surface area contributed by atoms with Gasteiger partial charge in [0.25, 0.3) is 0 Å². The summed E-state index contributed by atoms with van der Waals surface area (Å²) in [6.45, 7) is 9.86. The van der Waals surface area contributed by atoms with Gasteiger partial charge < -0.3 is 36.2 Å². The van der Waals surface area contributed by atoms with Crippen molar-refractivity contribution in [2.75, 3.05) is 13.7 Å². The van der Waals surface area contributed by atoms with E-state index in [2.05, 4.69) is 24.2 Å². The van der Waals surface area contributed by atoms with Crippen molar-refractivity contribution in [3.05, 3.63) is 12.2 Å². The molecule has 0 aromatic carbocycles. The van der Waals surface area contributed by atoms with E-state index in [0.717, 1.165) is 70.6 Å². The van der Waals surface area contributed by atoms with Gasteiger partial charge in [-0.3, -0.25) is 4.99 Å². The first-order valence-corrected chi connectivity index (χ1v) is 18.4. The maximum absolute atomic E-state index is 11.2. The number of nitrogens with zero attached hydrogens (tertiary/aromatic N) is 1. The van der Waals surface area contributed by atoms with Crippen LogP contribution < -0.4 is 11.1 Å². The molecule has 0 aromatic rings. The van der Waals surface area contributed by atoms with E-state index in [0.29, 0.717) is 42.1 Å². The smallest absolute Gasteiger partial charge is 0.190 e. The quantitative estimate of drug-likeness (QED) is 0.0691. The molecule has 6 aliphatic rings. The Labute approximate surface area is 271 Å². The third-order valence-electron chi connectivity index (χ3n) is 14.4. The number of epoxide rings is 1. The fourth-order valence-electron chi connectivity index (χ4n) is 11.8. The van der Waals surface area contributed by atoms with E-state index in [4.69, 9.17) is 17.0 Å². The average molecular weight is 630 g/mol. The van der Waals surface area contributed by atoms with E-state index < -0.39 is 11.8 Å². The highest BCUT2D eigenvalue weighted by atomic mass is 16.6. The number of rotatable bonds is 9. The second kappa shape index (κ2) is 12.7. The Kier molecular flexibility index (Phi) is 9.50. The second-order valence-corrected chi connectivity index (χ2v) is 17.2. The molecule has 256 valence electrons. The van der Waals surface area contributed by atoms with Crippen molar-refractivity contribution >= 4 is 5.96 Å². The zero-order valence-electron chi connectivity index (χ0n) is 28.4. The Bertz CT molecular complexity index is 1120. The number of allylic oxidation sites excluding steroid dienone is 1. The van der Waals surface area contributed by atoms with Crippen molar-refractivity contribution in [3.63, 3.8) is 0 Å². The Morgan fingerprint density at radius 2 is 1.91 bits per heavy atom. The summed E-state index contributed by atoms with van der Waals surface area (Å²) in [4.78, 5) is 4.00. The number of nitrogens with two attached hydrogens (primary N) is 1. The fraction of sp³-hybridized carbons (Fsp3) is 0.919. The minimum absolute atomic E-state index is 0.0504. The van der Waals surface area contributed by atoms with Gasteiger partial charge in [-0.05, 0) is 145 Å². The molecular formula is C37H63N3O5. The molecule has 7 N–H and O–H groups in total. The highest BCUT2D eigenvalue weighted by Gasteiger charge is 2.67. The molecule has 1 heterocycles. The lowest BCUT2D eigenvalue weighted by molar-refractivity contribution is -0.0715. The van der Waals surface area contributed by atoms with E-state index in [9.17, 15) is 20.4 Å². The third-order valence-corrected chi connectivity index (χ3v) is 14.4. The predicted molar refractivity (Wildman–Crippen MR) is 177 cm³/mol. The summed E-state index contributed by atoms with van der Waals surface area (Å²) >= 11 is 0. The van der Waals surface area contributed by atoms with Crippen LogP contribution in [0, 0.1) is 46.3 Å². The molecule has 13 atom stereocenters. The number of aliphatic imine (C=N–C) groups is 1. The zero-order chi connectivity index (χ0) is 32.2. The lowest BCUT2D eigenvalue weighted by Crippen LogP contribution is -2.51. The Morgan fingerprint density at radius 3 is 2.64 bits per heavy atom. The van der Waals surface area contributed by atoms with Crippen LogP contribution in [0.25, 0.3) is 0 Å². The van der Waals surface area contributed by atoms with Crippen LogP contribution in [-0.2, 0) is 4.74 Å². The van der Waals surface area contributed by atoms with Gasteiger partial charge in [0.05, 0.1) is 23.4 Å². The summed E-state index contributed by atoms with van der Waals surface area (Å²) in [6, 6.07) is 0. The van der Waals surface area contributed by atoms with Gasteiger partial charge in [-0.25, -0.2) is 0 Å². The second-order valence-electron chi connectivity index (χ2n) is 17.2. The SMILES string of the molecule is C=C1CC2(CCC(CCC3(O)CCCC(O)C3)C2)C2OC2(C)CCC2C1CC2(C)C1CC(CCCO)C(C(O)NC(N)=NC)C1. The Hall–Kier alpha value is -1.19. The summed E-state index contributed by atoms with van der Waals surface area (Å²) in [6.07, 6.45) is 16.0. The molecule has 6 fully saturated rings. The van der Waals surface area contributed by atoms with Crippen molar-refractivity contribution in [2.24, 2.45) is 57.1 Å². The van der Waals surface area contributed by atoms with Crippen molar-refractivity contribution in [2.45, 2.75) is 153 Å². The third kappa shape index (κ3) is 6.49. The first-order valence-electron chi connectivity index (χ1n) is 18.4. The van der Waals surface area contributed by atoms with Gasteiger partial charge in [0, 0.05) is 31.4 Å². The number of fused-ring (bicyclic) bond motifs is 3. The minimum Gasteiger partial charge on any atom is -0.396 e. The van der Waals surface area contributed by atoms with Crippen LogP contribution in [-0.4, -0.2) is 69.7 Å². The number of aliphatic hydroxyl groups excluding tert-OH is 3. The van der Waals surface area contributed by atoms with E-state index >= 15 is 0 Å². The van der Waals surface area contributed by atoms with Gasteiger partial charge >= 0.3 is 0 Å². The summed E-state index contributed by atoms with van der Waals surface area (Å²) in [5.41, 5.74) is 7.01. The van der Waals surface area contributed by atoms with E-state index in [1.54, 1.807) is 7.05 Å². The lowest BCUT2D eigenvalue weighted by Gasteiger charge is -2.58. The molecular weight excluding hydrogens is 566 g/mol. The number of guanidine groups is 1. The topological polar surface area (TPSA) is 144 Å². The lowest BCUT2D eigenvalue weighted by atomic mass is 9.46. The zero-order valence-corrected chi connectivity index (χ0v) is 28.4. The fourth-order valence-corrected chi connectivity index (χ4v) is 11.8. The maximum Gasteiger partial charge on any atom is 0.190 e. The average Bonchev–Trinajstić information content (AvgIpc) is 3.30. The number of nitrogens with one attached hydrogen (secondary N) is 1. The normalized spacial score (nSPS) is 49.0. The molecule has 1 spiro atoms. The Morgan fingerprint density at radius 1 is 1.11 bits per heavy atom. The van der Waals surface area contributed by atoms with Gasteiger partial charge in [0.2, 0.25) is 0 Å². The van der Waals surface area contributed by atoms with Crippen LogP contribution in [0.3, 0.4) is 0 Å². The molecule has 0 aromatic heterocycles. The monoisotopic (exact) mass is 629 g/mol. The van der Waals surface area contributed by atoms with Gasteiger partial charge in [0.1, 0.15) is 6.23 Å². The highest BCUT2D eigenvalue weighted by Crippen LogP contribution is 2.69. The van der Waals surface area contributed by atoms with Crippen LogP contribution in [0.15, 0.2) is 17.1 Å². The molecule has 8 nitrogen and oxygen atoms in total. The molecule has 5 aliphatic carbocycles. The highest BCUT2D eigenvalue weighted by molar-refractivity contribution is 5.77. The van der Waals surface area contributed by atoms with Crippen molar-refractivity contribution < 1.29 is 25.2 Å². The first kappa shape index (κ1) is 33.7. The van der Waals surface area contributed by atoms with Crippen LogP contribution >= 0.6 is 0 Å². The van der Waals surface area contributed by atoms with Crippen LogP contribution in [0.1, 0.15) is 123 Å². The molecule has 0 radical (unpaired) electrons. The summed E-state index contributed by atoms with van der Waals surface area (Å²) in [5.74, 6) is 2.99.